The second kappa shape index (κ2) is 7.26. The van der Waals surface area contributed by atoms with E-state index in [1.54, 1.807) is 13.0 Å². The van der Waals surface area contributed by atoms with Crippen molar-refractivity contribution in [3.05, 3.63) is 71.5 Å². The van der Waals surface area contributed by atoms with Gasteiger partial charge < -0.3 is 14.5 Å². The van der Waals surface area contributed by atoms with E-state index in [4.69, 9.17) is 9.15 Å². The molecular formula is C21H21NO3. The van der Waals surface area contributed by atoms with E-state index >= 15 is 0 Å². The number of benzene rings is 2. The topological polar surface area (TPSA) is 51.5 Å². The lowest BCUT2D eigenvalue weighted by Gasteiger charge is -2.06. The Balaban J connectivity index is 1.77. The molecule has 128 valence electrons. The number of rotatable bonds is 5. The van der Waals surface area contributed by atoms with Crippen molar-refractivity contribution in [3.63, 3.8) is 0 Å². The second-order valence-corrected chi connectivity index (χ2v) is 5.86. The van der Waals surface area contributed by atoms with Crippen LogP contribution in [0.3, 0.4) is 0 Å². The molecule has 0 fully saturated rings. The molecule has 0 bridgehead atoms. The monoisotopic (exact) mass is 335 g/mol. The smallest absolute Gasteiger partial charge is 0.259 e. The van der Waals surface area contributed by atoms with Gasteiger partial charge in [-0.2, -0.15) is 0 Å². The van der Waals surface area contributed by atoms with Crippen LogP contribution in [0.1, 0.15) is 28.6 Å². The normalized spacial score (nSPS) is 10.5. The van der Waals surface area contributed by atoms with E-state index in [-0.39, 0.29) is 5.91 Å². The van der Waals surface area contributed by atoms with Crippen LogP contribution in [0, 0.1) is 13.8 Å². The molecule has 1 amide bonds. The second-order valence-electron chi connectivity index (χ2n) is 5.86. The molecule has 2 aromatic carbocycles. The first kappa shape index (κ1) is 16.8. The van der Waals surface area contributed by atoms with Crippen molar-refractivity contribution < 1.29 is 13.9 Å². The van der Waals surface area contributed by atoms with Gasteiger partial charge in [0.1, 0.15) is 17.3 Å². The van der Waals surface area contributed by atoms with E-state index < -0.39 is 0 Å². The molecule has 4 heteroatoms. The molecule has 0 saturated carbocycles. The fourth-order valence-electron chi connectivity index (χ4n) is 2.57. The molecule has 0 spiro atoms. The van der Waals surface area contributed by atoms with Crippen molar-refractivity contribution in [2.75, 3.05) is 11.9 Å². The standard InChI is InChI=1S/C21H21NO3/c1-4-24-18-11-9-17(10-12-18)22-21(23)19-13-20(25-15(19)3)16-7-5-14(2)6-8-16/h5-13H,4H2,1-3H3,(H,22,23). The lowest BCUT2D eigenvalue weighted by Crippen LogP contribution is -2.12. The zero-order valence-electron chi connectivity index (χ0n) is 14.6. The average Bonchev–Trinajstić information content (AvgIpc) is 2.99. The number of aryl methyl sites for hydroxylation is 2. The number of furan rings is 1. The Morgan fingerprint density at radius 3 is 2.36 bits per heavy atom. The van der Waals surface area contributed by atoms with E-state index in [1.165, 1.54) is 5.56 Å². The Bertz CT molecular complexity index is 861. The molecule has 1 heterocycles. The highest BCUT2D eigenvalue weighted by Crippen LogP contribution is 2.26. The Kier molecular flexibility index (Phi) is 4.89. The molecule has 0 atom stereocenters. The molecule has 0 aliphatic heterocycles. The predicted molar refractivity (Wildman–Crippen MR) is 99.2 cm³/mol. The van der Waals surface area contributed by atoms with Crippen molar-refractivity contribution in [2.45, 2.75) is 20.8 Å². The number of ether oxygens (including phenoxy) is 1. The quantitative estimate of drug-likeness (QED) is 0.696. The molecule has 0 radical (unpaired) electrons. The van der Waals surface area contributed by atoms with E-state index in [0.29, 0.717) is 29.4 Å². The predicted octanol–water partition coefficient (Wildman–Crippen LogP) is 5.21. The Labute approximate surface area is 147 Å². The van der Waals surface area contributed by atoms with Gasteiger partial charge in [0.15, 0.2) is 0 Å². The van der Waals surface area contributed by atoms with Crippen molar-refractivity contribution in [1.82, 2.24) is 0 Å². The zero-order valence-corrected chi connectivity index (χ0v) is 14.6. The number of hydrogen-bond acceptors (Lipinski definition) is 3. The van der Waals surface area contributed by atoms with Crippen LogP contribution >= 0.6 is 0 Å². The van der Waals surface area contributed by atoms with Gasteiger partial charge >= 0.3 is 0 Å². The Morgan fingerprint density at radius 1 is 1.04 bits per heavy atom. The highest BCUT2D eigenvalue weighted by atomic mass is 16.5. The van der Waals surface area contributed by atoms with Gasteiger partial charge in [-0.25, -0.2) is 0 Å². The van der Waals surface area contributed by atoms with Crippen LogP contribution in [0.25, 0.3) is 11.3 Å². The molecule has 3 aromatic rings. The molecule has 4 nitrogen and oxygen atoms in total. The summed E-state index contributed by atoms with van der Waals surface area (Å²) in [5.74, 6) is 1.87. The molecule has 0 unspecified atom stereocenters. The zero-order chi connectivity index (χ0) is 17.8. The number of hydrogen-bond donors (Lipinski definition) is 1. The van der Waals surface area contributed by atoms with Gasteiger partial charge in [-0.15, -0.1) is 0 Å². The van der Waals surface area contributed by atoms with Gasteiger partial charge in [-0.05, 0) is 51.1 Å². The maximum absolute atomic E-state index is 12.5. The summed E-state index contributed by atoms with van der Waals surface area (Å²) in [6.07, 6.45) is 0. The highest BCUT2D eigenvalue weighted by molar-refractivity contribution is 6.05. The first-order valence-electron chi connectivity index (χ1n) is 8.28. The molecule has 0 saturated heterocycles. The highest BCUT2D eigenvalue weighted by Gasteiger charge is 2.16. The third kappa shape index (κ3) is 3.91. The number of carbonyl (C=O) groups excluding carboxylic acids is 1. The van der Waals surface area contributed by atoms with Crippen LogP contribution in [0.2, 0.25) is 0 Å². The largest absolute Gasteiger partial charge is 0.494 e. The van der Waals surface area contributed by atoms with Crippen molar-refractivity contribution in [3.8, 4) is 17.1 Å². The van der Waals surface area contributed by atoms with Gasteiger partial charge in [-0.3, -0.25) is 4.79 Å². The Hall–Kier alpha value is -3.01. The maximum atomic E-state index is 12.5. The summed E-state index contributed by atoms with van der Waals surface area (Å²) < 4.78 is 11.2. The summed E-state index contributed by atoms with van der Waals surface area (Å²) in [4.78, 5) is 12.5. The van der Waals surface area contributed by atoms with E-state index in [1.807, 2.05) is 62.4 Å². The minimum atomic E-state index is -0.191. The number of anilines is 1. The van der Waals surface area contributed by atoms with Crippen molar-refractivity contribution >= 4 is 11.6 Å². The lowest BCUT2D eigenvalue weighted by molar-refractivity contribution is 0.102. The number of nitrogens with one attached hydrogen (secondary N) is 1. The summed E-state index contributed by atoms with van der Waals surface area (Å²) in [7, 11) is 0. The minimum absolute atomic E-state index is 0.191. The van der Waals surface area contributed by atoms with Crippen molar-refractivity contribution in [1.29, 1.82) is 0 Å². The van der Waals surface area contributed by atoms with Gasteiger partial charge in [-0.1, -0.05) is 29.8 Å². The van der Waals surface area contributed by atoms with Crippen LogP contribution < -0.4 is 10.1 Å². The molecular weight excluding hydrogens is 314 g/mol. The van der Waals surface area contributed by atoms with Gasteiger partial charge in [0.25, 0.3) is 5.91 Å². The third-order valence-corrected chi connectivity index (χ3v) is 3.92. The number of amides is 1. The fraction of sp³-hybridized carbons (Fsp3) is 0.190. The first-order chi connectivity index (χ1) is 12.1. The molecule has 3 rings (SSSR count). The average molecular weight is 335 g/mol. The van der Waals surface area contributed by atoms with E-state index in [2.05, 4.69) is 5.32 Å². The summed E-state index contributed by atoms with van der Waals surface area (Å²) >= 11 is 0. The minimum Gasteiger partial charge on any atom is -0.494 e. The van der Waals surface area contributed by atoms with Gasteiger partial charge in [0, 0.05) is 11.3 Å². The summed E-state index contributed by atoms with van der Waals surface area (Å²) in [5.41, 5.74) is 3.38. The van der Waals surface area contributed by atoms with Gasteiger partial charge in [0.05, 0.1) is 12.2 Å². The van der Waals surface area contributed by atoms with Gasteiger partial charge in [0.2, 0.25) is 0 Å². The molecule has 1 aromatic heterocycles. The first-order valence-corrected chi connectivity index (χ1v) is 8.28. The fourth-order valence-corrected chi connectivity index (χ4v) is 2.57. The third-order valence-electron chi connectivity index (χ3n) is 3.92. The van der Waals surface area contributed by atoms with Crippen LogP contribution in [-0.2, 0) is 0 Å². The van der Waals surface area contributed by atoms with Crippen LogP contribution in [0.15, 0.2) is 59.0 Å². The molecule has 0 aliphatic carbocycles. The number of carbonyl (C=O) groups is 1. The summed E-state index contributed by atoms with van der Waals surface area (Å²) in [5, 5.41) is 2.89. The molecule has 25 heavy (non-hydrogen) atoms. The van der Waals surface area contributed by atoms with Crippen LogP contribution in [0.5, 0.6) is 5.75 Å². The van der Waals surface area contributed by atoms with Crippen LogP contribution in [0.4, 0.5) is 5.69 Å². The van der Waals surface area contributed by atoms with Crippen molar-refractivity contribution in [2.24, 2.45) is 0 Å². The summed E-state index contributed by atoms with van der Waals surface area (Å²) in [6, 6.07) is 17.1. The SMILES string of the molecule is CCOc1ccc(NC(=O)c2cc(-c3ccc(C)cc3)oc2C)cc1. The van der Waals surface area contributed by atoms with Crippen LogP contribution in [-0.4, -0.2) is 12.5 Å². The van der Waals surface area contributed by atoms with E-state index in [9.17, 15) is 4.79 Å². The maximum Gasteiger partial charge on any atom is 0.259 e. The lowest BCUT2D eigenvalue weighted by atomic mass is 10.1. The molecule has 1 N–H and O–H groups in total. The molecule has 0 aliphatic rings. The summed E-state index contributed by atoms with van der Waals surface area (Å²) in [6.45, 7) is 6.38. The van der Waals surface area contributed by atoms with E-state index in [0.717, 1.165) is 11.3 Å². The Morgan fingerprint density at radius 2 is 1.72 bits per heavy atom.